The van der Waals surface area contributed by atoms with Gasteiger partial charge in [-0.1, -0.05) is 6.07 Å². The molecule has 1 aliphatic heterocycles. The van der Waals surface area contributed by atoms with Gasteiger partial charge in [0.25, 0.3) is 0 Å². The molecule has 0 aliphatic carbocycles. The number of aryl methyl sites for hydroxylation is 1. The number of benzene rings is 1. The molecule has 0 radical (unpaired) electrons. The summed E-state index contributed by atoms with van der Waals surface area (Å²) in [6.07, 6.45) is 2.09. The van der Waals surface area contributed by atoms with Crippen LogP contribution in [-0.2, 0) is 22.4 Å². The number of hydrogen-bond acceptors (Lipinski definition) is 3. The monoisotopic (exact) mass is 298 g/mol. The van der Waals surface area contributed by atoms with E-state index < -0.39 is 0 Å². The van der Waals surface area contributed by atoms with Crippen LogP contribution in [0.4, 0.5) is 0 Å². The van der Waals surface area contributed by atoms with E-state index in [1.807, 2.05) is 13.0 Å². The van der Waals surface area contributed by atoms with Gasteiger partial charge in [-0.15, -0.1) is 0 Å². The van der Waals surface area contributed by atoms with Gasteiger partial charge in [0, 0.05) is 12.8 Å². The summed E-state index contributed by atoms with van der Waals surface area (Å²) in [6, 6.07) is 4.13. The second-order valence-electron chi connectivity index (χ2n) is 3.97. The van der Waals surface area contributed by atoms with Crippen LogP contribution in [0.25, 0.3) is 0 Å². The van der Waals surface area contributed by atoms with Crippen LogP contribution < -0.4 is 4.74 Å². The summed E-state index contributed by atoms with van der Waals surface area (Å²) < 4.78 is 11.4. The van der Waals surface area contributed by atoms with Crippen LogP contribution in [0.3, 0.4) is 0 Å². The van der Waals surface area contributed by atoms with E-state index in [-0.39, 0.29) is 5.97 Å². The summed E-state index contributed by atoms with van der Waals surface area (Å²) in [5, 5.41) is 0. The molecular weight excluding hydrogens is 284 g/mol. The van der Waals surface area contributed by atoms with Gasteiger partial charge in [-0.3, -0.25) is 4.79 Å². The van der Waals surface area contributed by atoms with Crippen LogP contribution in [0, 0.1) is 0 Å². The number of carbonyl (C=O) groups is 1. The third kappa shape index (κ3) is 3.00. The first-order valence-corrected chi connectivity index (χ1v) is 6.59. The lowest BCUT2D eigenvalue weighted by Crippen LogP contribution is -2.05. The number of hydrogen-bond donors (Lipinski definition) is 0. The molecule has 3 nitrogen and oxygen atoms in total. The van der Waals surface area contributed by atoms with Crippen molar-refractivity contribution < 1.29 is 14.3 Å². The average Bonchev–Trinajstić information content (AvgIpc) is 2.75. The third-order valence-electron chi connectivity index (χ3n) is 2.72. The fourth-order valence-corrected chi connectivity index (χ4v) is 2.61. The van der Waals surface area contributed by atoms with E-state index in [0.29, 0.717) is 19.4 Å². The van der Waals surface area contributed by atoms with E-state index >= 15 is 0 Å². The van der Waals surface area contributed by atoms with Gasteiger partial charge in [0.05, 0.1) is 17.7 Å². The van der Waals surface area contributed by atoms with Crippen molar-refractivity contribution >= 4 is 21.9 Å². The first-order valence-electron chi connectivity index (χ1n) is 5.80. The Balaban J connectivity index is 2.02. The van der Waals surface area contributed by atoms with Crippen molar-refractivity contribution in [2.24, 2.45) is 0 Å². The fraction of sp³-hybridized carbons (Fsp3) is 0.462. The number of fused-ring (bicyclic) bond motifs is 1. The van der Waals surface area contributed by atoms with Gasteiger partial charge in [-0.2, -0.15) is 0 Å². The van der Waals surface area contributed by atoms with Crippen LogP contribution >= 0.6 is 15.9 Å². The Morgan fingerprint density at radius 2 is 2.35 bits per heavy atom. The first kappa shape index (κ1) is 12.4. The van der Waals surface area contributed by atoms with Gasteiger partial charge >= 0.3 is 5.97 Å². The highest BCUT2D eigenvalue weighted by Gasteiger charge is 2.16. The van der Waals surface area contributed by atoms with E-state index in [1.54, 1.807) is 0 Å². The molecule has 17 heavy (non-hydrogen) atoms. The summed E-state index contributed by atoms with van der Waals surface area (Å²) in [5.41, 5.74) is 2.37. The predicted molar refractivity (Wildman–Crippen MR) is 68.3 cm³/mol. The van der Waals surface area contributed by atoms with E-state index in [2.05, 4.69) is 22.0 Å². The lowest BCUT2D eigenvalue weighted by molar-refractivity contribution is -0.143. The number of esters is 1. The van der Waals surface area contributed by atoms with E-state index in [0.717, 1.165) is 28.8 Å². The zero-order valence-corrected chi connectivity index (χ0v) is 11.4. The number of carbonyl (C=O) groups excluding carboxylic acids is 1. The summed E-state index contributed by atoms with van der Waals surface area (Å²) in [6.45, 7) is 3.01. The van der Waals surface area contributed by atoms with E-state index in [4.69, 9.17) is 9.47 Å². The highest BCUT2D eigenvalue weighted by molar-refractivity contribution is 9.10. The van der Waals surface area contributed by atoms with E-state index in [9.17, 15) is 4.79 Å². The molecule has 4 heteroatoms. The summed E-state index contributed by atoms with van der Waals surface area (Å²) >= 11 is 3.49. The molecule has 0 amide bonds. The lowest BCUT2D eigenvalue weighted by Gasteiger charge is -2.06. The molecule has 0 fully saturated rings. The maximum Gasteiger partial charge on any atom is 0.306 e. The quantitative estimate of drug-likeness (QED) is 0.802. The van der Waals surface area contributed by atoms with Crippen LogP contribution in [0.2, 0.25) is 0 Å². The van der Waals surface area contributed by atoms with Crippen LogP contribution in [0.1, 0.15) is 24.5 Å². The second-order valence-corrected chi connectivity index (χ2v) is 4.82. The molecule has 2 rings (SSSR count). The van der Waals surface area contributed by atoms with Crippen molar-refractivity contribution in [2.75, 3.05) is 13.2 Å². The number of halogens is 1. The molecule has 92 valence electrons. The maximum atomic E-state index is 11.3. The topological polar surface area (TPSA) is 35.5 Å². The minimum Gasteiger partial charge on any atom is -0.492 e. The van der Waals surface area contributed by atoms with Crippen molar-refractivity contribution in [2.45, 2.75) is 26.2 Å². The normalized spacial score (nSPS) is 13.1. The minimum absolute atomic E-state index is 0.139. The molecule has 0 N–H and O–H groups in total. The number of rotatable bonds is 4. The molecule has 0 saturated carbocycles. The van der Waals surface area contributed by atoms with Crippen LogP contribution in [0.5, 0.6) is 5.75 Å². The van der Waals surface area contributed by atoms with Gasteiger partial charge in [0.2, 0.25) is 0 Å². The second kappa shape index (κ2) is 5.54. The number of ether oxygens (including phenoxy) is 2. The molecule has 0 unspecified atom stereocenters. The standard InChI is InChI=1S/C13H15BrO3/c1-2-16-12(15)4-3-9-7-10-5-6-17-13(10)11(14)8-9/h7-8H,2-6H2,1H3. The highest BCUT2D eigenvalue weighted by atomic mass is 79.9. The fourth-order valence-electron chi connectivity index (χ4n) is 1.95. The predicted octanol–water partition coefficient (Wildman–Crippen LogP) is 2.88. The van der Waals surface area contributed by atoms with Gasteiger partial charge in [-0.05, 0) is 46.5 Å². The van der Waals surface area contributed by atoms with Crippen molar-refractivity contribution in [3.63, 3.8) is 0 Å². The zero-order valence-electron chi connectivity index (χ0n) is 9.79. The van der Waals surface area contributed by atoms with Crippen molar-refractivity contribution in [1.29, 1.82) is 0 Å². The van der Waals surface area contributed by atoms with Crippen molar-refractivity contribution in [3.05, 3.63) is 27.7 Å². The Morgan fingerprint density at radius 1 is 1.53 bits per heavy atom. The van der Waals surface area contributed by atoms with Gasteiger partial charge in [0.1, 0.15) is 5.75 Å². The van der Waals surface area contributed by atoms with Gasteiger partial charge in [0.15, 0.2) is 0 Å². The van der Waals surface area contributed by atoms with Crippen LogP contribution in [0.15, 0.2) is 16.6 Å². The summed E-state index contributed by atoms with van der Waals surface area (Å²) in [5.74, 6) is 0.810. The molecule has 1 aromatic carbocycles. The Labute approximate surface area is 109 Å². The molecule has 1 aromatic rings. The molecule has 0 aromatic heterocycles. The molecule has 0 spiro atoms. The first-order chi connectivity index (χ1) is 8.20. The van der Waals surface area contributed by atoms with Crippen molar-refractivity contribution in [3.8, 4) is 5.75 Å². The molecule has 0 saturated heterocycles. The molecule has 0 bridgehead atoms. The summed E-state index contributed by atoms with van der Waals surface area (Å²) in [7, 11) is 0. The Hall–Kier alpha value is -1.03. The van der Waals surface area contributed by atoms with Crippen molar-refractivity contribution in [1.82, 2.24) is 0 Å². The summed E-state index contributed by atoms with van der Waals surface area (Å²) in [4.78, 5) is 11.3. The Morgan fingerprint density at radius 3 is 3.12 bits per heavy atom. The Bertz CT molecular complexity index is 429. The smallest absolute Gasteiger partial charge is 0.306 e. The largest absolute Gasteiger partial charge is 0.492 e. The molecular formula is C13H15BrO3. The zero-order chi connectivity index (χ0) is 12.3. The highest BCUT2D eigenvalue weighted by Crippen LogP contribution is 2.35. The Kier molecular flexibility index (Phi) is 4.05. The molecule has 1 heterocycles. The SMILES string of the molecule is CCOC(=O)CCc1cc(Br)c2c(c1)CCO2. The maximum absolute atomic E-state index is 11.3. The third-order valence-corrected chi connectivity index (χ3v) is 3.31. The van der Waals surface area contributed by atoms with Gasteiger partial charge < -0.3 is 9.47 Å². The van der Waals surface area contributed by atoms with Crippen LogP contribution in [-0.4, -0.2) is 19.2 Å². The van der Waals surface area contributed by atoms with Gasteiger partial charge in [-0.25, -0.2) is 0 Å². The lowest BCUT2D eigenvalue weighted by atomic mass is 10.0. The minimum atomic E-state index is -0.139. The average molecular weight is 299 g/mol. The molecule has 1 aliphatic rings. The molecule has 0 atom stereocenters. The van der Waals surface area contributed by atoms with E-state index in [1.165, 1.54) is 5.56 Å².